The lowest BCUT2D eigenvalue weighted by molar-refractivity contribution is -0.113. The minimum atomic E-state index is -0.138. The molecule has 0 radical (unpaired) electrons. The van der Waals surface area contributed by atoms with E-state index in [-0.39, 0.29) is 11.7 Å². The molecule has 2 aromatic rings. The number of rotatable bonds is 4. The number of hydrogen-bond donors (Lipinski definition) is 1. The first-order chi connectivity index (χ1) is 11.3. The van der Waals surface area contributed by atoms with Crippen molar-refractivity contribution in [3.8, 4) is 6.07 Å². The summed E-state index contributed by atoms with van der Waals surface area (Å²) in [5.41, 5.74) is 5.80. The number of nitrogens with one attached hydrogen (secondary N) is 1. The Hall–Kier alpha value is -2.33. The van der Waals surface area contributed by atoms with Crippen LogP contribution in [0.2, 0.25) is 0 Å². The third-order valence-corrected chi connectivity index (χ3v) is 5.16. The van der Waals surface area contributed by atoms with Gasteiger partial charge in [0.25, 0.3) is 0 Å². The van der Waals surface area contributed by atoms with Crippen LogP contribution in [-0.4, -0.2) is 26.4 Å². The second-order valence-electron chi connectivity index (χ2n) is 5.75. The molecule has 24 heavy (non-hydrogen) atoms. The van der Waals surface area contributed by atoms with Crippen molar-refractivity contribution in [2.24, 2.45) is 7.05 Å². The maximum Gasteiger partial charge on any atom is 0.234 e. The molecular weight excluding hydrogens is 322 g/mol. The zero-order valence-electron chi connectivity index (χ0n) is 14.8. The van der Waals surface area contributed by atoms with E-state index in [2.05, 4.69) is 21.5 Å². The van der Waals surface area contributed by atoms with Crippen LogP contribution in [0.15, 0.2) is 5.03 Å². The van der Waals surface area contributed by atoms with Gasteiger partial charge in [-0.15, -0.1) is 0 Å². The van der Waals surface area contributed by atoms with Crippen molar-refractivity contribution >= 4 is 23.4 Å². The molecule has 0 aliphatic heterocycles. The van der Waals surface area contributed by atoms with Gasteiger partial charge < -0.3 is 5.32 Å². The normalized spacial score (nSPS) is 10.5. The van der Waals surface area contributed by atoms with Crippen LogP contribution in [0, 0.1) is 45.9 Å². The van der Waals surface area contributed by atoms with Gasteiger partial charge in [0, 0.05) is 12.7 Å². The van der Waals surface area contributed by atoms with Crippen LogP contribution in [0.5, 0.6) is 0 Å². The van der Waals surface area contributed by atoms with Gasteiger partial charge in [-0.1, -0.05) is 11.8 Å². The van der Waals surface area contributed by atoms with E-state index in [0.717, 1.165) is 33.9 Å². The molecule has 1 amide bonds. The number of nitrogens with zero attached hydrogens (tertiary/aromatic N) is 4. The number of aromatic nitrogens is 3. The van der Waals surface area contributed by atoms with Crippen molar-refractivity contribution in [1.29, 1.82) is 5.26 Å². The third-order valence-electron chi connectivity index (χ3n) is 4.19. The summed E-state index contributed by atoms with van der Waals surface area (Å²) in [6.07, 6.45) is 0. The smallest absolute Gasteiger partial charge is 0.234 e. The molecule has 0 saturated heterocycles. The van der Waals surface area contributed by atoms with Crippen molar-refractivity contribution in [3.63, 3.8) is 0 Å². The Morgan fingerprint density at radius 1 is 1.21 bits per heavy atom. The molecule has 0 saturated carbocycles. The SMILES string of the molecule is Cc1nc(SCC(=O)Nc2c(C)nn(C)c2C)c(C#N)c(C)c1C. The van der Waals surface area contributed by atoms with Crippen LogP contribution < -0.4 is 5.32 Å². The number of hydrogen-bond acceptors (Lipinski definition) is 5. The summed E-state index contributed by atoms with van der Waals surface area (Å²) in [4.78, 5) is 16.7. The van der Waals surface area contributed by atoms with Gasteiger partial charge in [0.05, 0.1) is 28.4 Å². The molecule has 0 atom stereocenters. The fourth-order valence-electron chi connectivity index (χ4n) is 2.41. The van der Waals surface area contributed by atoms with Crippen LogP contribution in [0.3, 0.4) is 0 Å². The minimum absolute atomic E-state index is 0.138. The summed E-state index contributed by atoms with van der Waals surface area (Å²) in [5.74, 6) is 0.0537. The van der Waals surface area contributed by atoms with Crippen LogP contribution >= 0.6 is 11.8 Å². The first kappa shape index (κ1) is 18.0. The van der Waals surface area contributed by atoms with Crippen molar-refractivity contribution in [1.82, 2.24) is 14.8 Å². The van der Waals surface area contributed by atoms with Crippen molar-refractivity contribution in [2.75, 3.05) is 11.1 Å². The van der Waals surface area contributed by atoms with Gasteiger partial charge in [0.15, 0.2) is 0 Å². The maximum atomic E-state index is 12.3. The fourth-order valence-corrected chi connectivity index (χ4v) is 3.30. The van der Waals surface area contributed by atoms with E-state index in [1.165, 1.54) is 11.8 Å². The Morgan fingerprint density at radius 3 is 2.42 bits per heavy atom. The van der Waals surface area contributed by atoms with Gasteiger partial charge in [-0.25, -0.2) is 4.98 Å². The average molecular weight is 343 g/mol. The quantitative estimate of drug-likeness (QED) is 0.863. The van der Waals surface area contributed by atoms with Crippen LogP contribution in [0.25, 0.3) is 0 Å². The molecule has 2 aromatic heterocycles. The molecule has 0 unspecified atom stereocenters. The number of pyridine rings is 1. The minimum Gasteiger partial charge on any atom is -0.322 e. The van der Waals surface area contributed by atoms with Crippen molar-refractivity contribution < 1.29 is 4.79 Å². The standard InChI is InChI=1S/C17H21N5OS/c1-9-10(2)14(7-18)17(19-11(9)3)24-8-15(23)20-16-12(4)21-22(6)13(16)5/h8H2,1-6H3,(H,20,23). The maximum absolute atomic E-state index is 12.3. The highest BCUT2D eigenvalue weighted by Crippen LogP contribution is 2.27. The van der Waals surface area contributed by atoms with Gasteiger partial charge in [-0.3, -0.25) is 9.48 Å². The molecule has 1 N–H and O–H groups in total. The lowest BCUT2D eigenvalue weighted by atomic mass is 10.1. The predicted octanol–water partition coefficient (Wildman–Crippen LogP) is 2.96. The highest BCUT2D eigenvalue weighted by molar-refractivity contribution is 8.00. The van der Waals surface area contributed by atoms with Gasteiger partial charge in [-0.2, -0.15) is 10.4 Å². The summed E-state index contributed by atoms with van der Waals surface area (Å²) in [5, 5.41) is 17.2. The molecule has 6 nitrogen and oxygen atoms in total. The highest BCUT2D eigenvalue weighted by Gasteiger charge is 2.16. The van der Waals surface area contributed by atoms with E-state index in [9.17, 15) is 10.1 Å². The molecule has 0 spiro atoms. The summed E-state index contributed by atoms with van der Waals surface area (Å²) < 4.78 is 1.74. The van der Waals surface area contributed by atoms with E-state index in [1.54, 1.807) is 4.68 Å². The molecule has 0 fully saturated rings. The van der Waals surface area contributed by atoms with Crippen molar-refractivity contribution in [2.45, 2.75) is 39.6 Å². The number of carbonyl (C=O) groups excluding carboxylic acids is 1. The molecule has 2 heterocycles. The molecule has 0 aliphatic rings. The van der Waals surface area contributed by atoms with Crippen LogP contribution in [0.1, 0.15) is 33.8 Å². The molecule has 126 valence electrons. The zero-order chi connectivity index (χ0) is 18.0. The largest absolute Gasteiger partial charge is 0.322 e. The van der Waals surface area contributed by atoms with Gasteiger partial charge in [0.1, 0.15) is 11.1 Å². The highest BCUT2D eigenvalue weighted by atomic mass is 32.2. The first-order valence-electron chi connectivity index (χ1n) is 7.57. The van der Waals surface area contributed by atoms with Gasteiger partial charge >= 0.3 is 0 Å². The fraction of sp³-hybridized carbons (Fsp3) is 0.412. The predicted molar refractivity (Wildman–Crippen MR) is 95.2 cm³/mol. The topological polar surface area (TPSA) is 83.6 Å². The van der Waals surface area contributed by atoms with Gasteiger partial charge in [0.2, 0.25) is 5.91 Å². The Morgan fingerprint density at radius 2 is 1.88 bits per heavy atom. The molecule has 0 bridgehead atoms. The third kappa shape index (κ3) is 3.44. The Kier molecular flexibility index (Phi) is 5.30. The summed E-state index contributed by atoms with van der Waals surface area (Å²) in [6, 6.07) is 2.20. The van der Waals surface area contributed by atoms with E-state index in [4.69, 9.17) is 0 Å². The van der Waals surface area contributed by atoms with Crippen LogP contribution in [-0.2, 0) is 11.8 Å². The molecule has 0 aromatic carbocycles. The number of thioether (sulfide) groups is 1. The zero-order valence-corrected chi connectivity index (χ0v) is 15.6. The Balaban J connectivity index is 2.14. The summed E-state index contributed by atoms with van der Waals surface area (Å²) in [7, 11) is 1.84. The molecule has 0 aliphatic carbocycles. The number of nitriles is 1. The summed E-state index contributed by atoms with van der Waals surface area (Å²) >= 11 is 1.28. The lowest BCUT2D eigenvalue weighted by Crippen LogP contribution is -2.15. The molecule has 2 rings (SSSR count). The second-order valence-corrected chi connectivity index (χ2v) is 6.71. The van der Waals surface area contributed by atoms with E-state index in [0.29, 0.717) is 10.6 Å². The van der Waals surface area contributed by atoms with Gasteiger partial charge in [-0.05, 0) is 45.7 Å². The van der Waals surface area contributed by atoms with E-state index in [1.807, 2.05) is 41.7 Å². The number of aryl methyl sites for hydroxylation is 3. The monoisotopic (exact) mass is 343 g/mol. The molecule has 7 heteroatoms. The molecular formula is C17H21N5OS. The lowest BCUT2D eigenvalue weighted by Gasteiger charge is -2.11. The Labute approximate surface area is 146 Å². The Bertz CT molecular complexity index is 848. The van der Waals surface area contributed by atoms with Crippen LogP contribution in [0.4, 0.5) is 5.69 Å². The number of amides is 1. The van der Waals surface area contributed by atoms with Crippen molar-refractivity contribution in [3.05, 3.63) is 33.8 Å². The number of carbonyl (C=O) groups is 1. The average Bonchev–Trinajstić information content (AvgIpc) is 2.77. The number of anilines is 1. The van der Waals surface area contributed by atoms with E-state index >= 15 is 0 Å². The van der Waals surface area contributed by atoms with E-state index < -0.39 is 0 Å². The summed E-state index contributed by atoms with van der Waals surface area (Å²) in [6.45, 7) is 9.54. The second kappa shape index (κ2) is 7.05. The first-order valence-corrected chi connectivity index (χ1v) is 8.55.